The maximum absolute atomic E-state index is 9.71. The monoisotopic (exact) mass is 255 g/mol. The van der Waals surface area contributed by atoms with E-state index in [0.29, 0.717) is 12.6 Å². The average Bonchev–Trinajstić information content (AvgIpc) is 2.68. The second-order valence-electron chi connectivity index (χ2n) is 5.05. The van der Waals surface area contributed by atoms with E-state index in [1.807, 2.05) is 12.1 Å². The summed E-state index contributed by atoms with van der Waals surface area (Å²) in [7, 11) is 0. The van der Waals surface area contributed by atoms with Crippen molar-refractivity contribution in [3.63, 3.8) is 0 Å². The van der Waals surface area contributed by atoms with E-state index < -0.39 is 5.60 Å². The van der Waals surface area contributed by atoms with Crippen LogP contribution in [0.4, 0.5) is 0 Å². The van der Waals surface area contributed by atoms with Gasteiger partial charge in [-0.15, -0.1) is 0 Å². The number of rotatable bonds is 4. The van der Waals surface area contributed by atoms with Crippen LogP contribution >= 0.6 is 11.6 Å². The van der Waals surface area contributed by atoms with E-state index in [2.05, 4.69) is 11.4 Å². The van der Waals surface area contributed by atoms with Crippen molar-refractivity contribution in [1.29, 1.82) is 0 Å². The van der Waals surface area contributed by atoms with Gasteiger partial charge in [0.15, 0.2) is 0 Å². The lowest BCUT2D eigenvalue weighted by Gasteiger charge is -2.23. The van der Waals surface area contributed by atoms with E-state index in [9.17, 15) is 5.11 Å². The highest BCUT2D eigenvalue weighted by molar-refractivity contribution is 6.30. The van der Waals surface area contributed by atoms with Crippen LogP contribution in [0.3, 0.4) is 0 Å². The van der Waals surface area contributed by atoms with Gasteiger partial charge >= 0.3 is 0 Å². The minimum atomic E-state index is -1.05. The number of nitrogens with one attached hydrogen (secondary N) is 1. The summed E-state index contributed by atoms with van der Waals surface area (Å²) in [5, 5.41) is 22.7. The minimum absolute atomic E-state index is 0.231. The van der Waals surface area contributed by atoms with E-state index in [0.717, 1.165) is 17.9 Å². The first-order chi connectivity index (χ1) is 8.00. The van der Waals surface area contributed by atoms with Crippen LogP contribution in [0.25, 0.3) is 0 Å². The van der Waals surface area contributed by atoms with Gasteiger partial charge in [0.25, 0.3) is 0 Å². The van der Waals surface area contributed by atoms with Crippen molar-refractivity contribution in [3.05, 3.63) is 34.3 Å². The lowest BCUT2D eigenvalue weighted by Crippen LogP contribution is -2.45. The summed E-state index contributed by atoms with van der Waals surface area (Å²) in [5.74, 6) is 0. The summed E-state index contributed by atoms with van der Waals surface area (Å²) in [4.78, 5) is 0. The van der Waals surface area contributed by atoms with Crippen molar-refractivity contribution >= 4 is 11.6 Å². The van der Waals surface area contributed by atoms with Crippen LogP contribution in [0, 0.1) is 0 Å². The van der Waals surface area contributed by atoms with Gasteiger partial charge in [-0.05, 0) is 43.0 Å². The highest BCUT2D eigenvalue weighted by Crippen LogP contribution is 2.25. The zero-order chi connectivity index (χ0) is 12.5. The summed E-state index contributed by atoms with van der Waals surface area (Å²) in [5.41, 5.74) is 1.54. The Morgan fingerprint density at radius 2 is 2.12 bits per heavy atom. The second kappa shape index (κ2) is 4.94. The summed E-state index contributed by atoms with van der Waals surface area (Å²) in [6.07, 6.45) is 1.88. The standard InChI is InChI=1S/C13H18ClNO2/c1-13(17,8-16)7-15-12-5-9-2-3-11(14)4-10(9)6-12/h2-4,12,15-17H,5-8H2,1H3. The molecule has 0 amide bonds. The molecule has 0 saturated carbocycles. The normalized spacial score (nSPS) is 22.2. The predicted octanol–water partition coefficient (Wildman–Crippen LogP) is 1.14. The molecule has 1 aliphatic carbocycles. The van der Waals surface area contributed by atoms with Crippen LogP contribution in [-0.2, 0) is 12.8 Å². The van der Waals surface area contributed by atoms with E-state index in [1.165, 1.54) is 11.1 Å². The van der Waals surface area contributed by atoms with Gasteiger partial charge in [-0.25, -0.2) is 0 Å². The number of hydrogen-bond donors (Lipinski definition) is 3. The molecule has 2 rings (SSSR count). The van der Waals surface area contributed by atoms with Crippen LogP contribution in [0.1, 0.15) is 18.1 Å². The molecule has 0 aliphatic heterocycles. The third kappa shape index (κ3) is 3.19. The maximum Gasteiger partial charge on any atom is 0.0972 e. The molecule has 4 heteroatoms. The van der Waals surface area contributed by atoms with Gasteiger partial charge in [-0.1, -0.05) is 17.7 Å². The van der Waals surface area contributed by atoms with Gasteiger partial charge in [0.05, 0.1) is 12.2 Å². The quantitative estimate of drug-likeness (QED) is 0.756. The lowest BCUT2D eigenvalue weighted by atomic mass is 10.1. The van der Waals surface area contributed by atoms with Crippen LogP contribution in [0.2, 0.25) is 5.02 Å². The molecule has 0 radical (unpaired) electrons. The lowest BCUT2D eigenvalue weighted by molar-refractivity contribution is 0.000946. The molecule has 0 saturated heterocycles. The number of aliphatic hydroxyl groups is 2. The Kier molecular flexibility index (Phi) is 3.73. The Balaban J connectivity index is 1.92. The van der Waals surface area contributed by atoms with Crippen LogP contribution in [-0.4, -0.2) is 35.0 Å². The highest BCUT2D eigenvalue weighted by Gasteiger charge is 2.25. The van der Waals surface area contributed by atoms with Gasteiger partial charge in [-0.2, -0.15) is 0 Å². The van der Waals surface area contributed by atoms with Crippen LogP contribution in [0.15, 0.2) is 18.2 Å². The van der Waals surface area contributed by atoms with Crippen LogP contribution in [0.5, 0.6) is 0 Å². The highest BCUT2D eigenvalue weighted by atomic mass is 35.5. The SMILES string of the molecule is CC(O)(CO)CNC1Cc2ccc(Cl)cc2C1. The minimum Gasteiger partial charge on any atom is -0.393 e. The first-order valence-corrected chi connectivity index (χ1v) is 6.22. The van der Waals surface area contributed by atoms with Gasteiger partial charge in [0.2, 0.25) is 0 Å². The third-order valence-electron chi connectivity index (χ3n) is 3.21. The van der Waals surface area contributed by atoms with Crippen molar-refractivity contribution in [1.82, 2.24) is 5.32 Å². The summed E-state index contributed by atoms with van der Waals surface area (Å²) >= 11 is 5.95. The molecule has 17 heavy (non-hydrogen) atoms. The van der Waals surface area contributed by atoms with Gasteiger partial charge in [0, 0.05) is 17.6 Å². The van der Waals surface area contributed by atoms with Crippen molar-refractivity contribution in [3.8, 4) is 0 Å². The molecule has 0 heterocycles. The molecule has 3 N–H and O–H groups in total. The van der Waals surface area contributed by atoms with Crippen LogP contribution < -0.4 is 5.32 Å². The molecule has 1 aliphatic rings. The molecule has 2 atom stereocenters. The summed E-state index contributed by atoms with van der Waals surface area (Å²) < 4.78 is 0. The zero-order valence-electron chi connectivity index (χ0n) is 9.91. The largest absolute Gasteiger partial charge is 0.393 e. The first kappa shape index (κ1) is 12.8. The molecule has 1 aromatic carbocycles. The fourth-order valence-electron chi connectivity index (χ4n) is 2.15. The Morgan fingerprint density at radius 3 is 2.82 bits per heavy atom. The fourth-order valence-corrected chi connectivity index (χ4v) is 2.35. The van der Waals surface area contributed by atoms with Crippen molar-refractivity contribution in [2.24, 2.45) is 0 Å². The molecule has 2 unspecified atom stereocenters. The van der Waals surface area contributed by atoms with E-state index >= 15 is 0 Å². The van der Waals surface area contributed by atoms with Crippen molar-refractivity contribution in [2.75, 3.05) is 13.2 Å². The predicted molar refractivity (Wildman–Crippen MR) is 68.4 cm³/mol. The number of fused-ring (bicyclic) bond motifs is 1. The first-order valence-electron chi connectivity index (χ1n) is 5.84. The Bertz CT molecular complexity index is 406. The second-order valence-corrected chi connectivity index (χ2v) is 5.49. The average molecular weight is 256 g/mol. The summed E-state index contributed by atoms with van der Waals surface area (Å²) in [6.45, 7) is 1.79. The number of benzene rings is 1. The molecule has 0 aromatic heterocycles. The molecular weight excluding hydrogens is 238 g/mol. The summed E-state index contributed by atoms with van der Waals surface area (Å²) in [6, 6.07) is 6.29. The molecule has 94 valence electrons. The maximum atomic E-state index is 9.71. The number of hydrogen-bond acceptors (Lipinski definition) is 3. The Hall–Kier alpha value is -0.610. The zero-order valence-corrected chi connectivity index (χ0v) is 10.7. The molecule has 0 bridgehead atoms. The van der Waals surface area contributed by atoms with E-state index in [-0.39, 0.29) is 6.61 Å². The van der Waals surface area contributed by atoms with Gasteiger partial charge in [-0.3, -0.25) is 0 Å². The molecular formula is C13H18ClNO2. The topological polar surface area (TPSA) is 52.5 Å². The molecule has 3 nitrogen and oxygen atoms in total. The fraction of sp³-hybridized carbons (Fsp3) is 0.538. The van der Waals surface area contributed by atoms with E-state index in [1.54, 1.807) is 6.92 Å². The number of aliphatic hydroxyl groups excluding tert-OH is 1. The van der Waals surface area contributed by atoms with Crippen molar-refractivity contribution in [2.45, 2.75) is 31.4 Å². The van der Waals surface area contributed by atoms with Gasteiger partial charge < -0.3 is 15.5 Å². The molecule has 0 fully saturated rings. The molecule has 1 aromatic rings. The third-order valence-corrected chi connectivity index (χ3v) is 3.45. The van der Waals surface area contributed by atoms with E-state index in [4.69, 9.17) is 16.7 Å². The Morgan fingerprint density at radius 1 is 1.41 bits per heavy atom. The Labute approximate surface area is 106 Å². The number of halogens is 1. The molecule has 0 spiro atoms. The van der Waals surface area contributed by atoms with Gasteiger partial charge in [0.1, 0.15) is 0 Å². The smallest absolute Gasteiger partial charge is 0.0972 e. The van der Waals surface area contributed by atoms with Crippen molar-refractivity contribution < 1.29 is 10.2 Å².